The molecule has 2 aliphatic heterocycles. The zero-order valence-electron chi connectivity index (χ0n) is 14.3. The van der Waals surface area contributed by atoms with Crippen molar-refractivity contribution >= 4 is 29.3 Å². The highest BCUT2D eigenvalue weighted by atomic mass is 35.5. The molecule has 1 aromatic rings. The van der Waals surface area contributed by atoms with Gasteiger partial charge in [0, 0.05) is 30.3 Å². The molecule has 2 amide bonds. The van der Waals surface area contributed by atoms with Gasteiger partial charge in [-0.05, 0) is 43.4 Å². The topological polar surface area (TPSA) is 72.9 Å². The minimum atomic E-state index is -0.907. The van der Waals surface area contributed by atoms with Gasteiger partial charge in [-0.2, -0.15) is 0 Å². The van der Waals surface area contributed by atoms with E-state index in [0.717, 1.165) is 24.9 Å². The van der Waals surface area contributed by atoms with Crippen LogP contribution in [-0.4, -0.2) is 58.6 Å². The second kappa shape index (κ2) is 7.52. The highest BCUT2D eigenvalue weighted by molar-refractivity contribution is 6.30. The van der Waals surface area contributed by atoms with E-state index in [4.69, 9.17) is 11.6 Å². The highest BCUT2D eigenvalue weighted by Gasteiger charge is 2.39. The van der Waals surface area contributed by atoms with Crippen molar-refractivity contribution in [3.63, 3.8) is 0 Å². The Morgan fingerprint density at radius 3 is 2.84 bits per heavy atom. The van der Waals surface area contributed by atoms with Gasteiger partial charge in [-0.1, -0.05) is 24.6 Å². The average Bonchev–Trinajstić information content (AvgIpc) is 2.57. The zero-order chi connectivity index (χ0) is 18.0. The van der Waals surface area contributed by atoms with Gasteiger partial charge in [0.25, 0.3) is 0 Å². The lowest BCUT2D eigenvalue weighted by atomic mass is 9.90. The normalized spacial score (nSPS) is 27.3. The molecule has 0 aliphatic carbocycles. The molecule has 2 fully saturated rings. The second-order valence-electron chi connectivity index (χ2n) is 6.94. The van der Waals surface area contributed by atoms with Crippen molar-refractivity contribution < 1.29 is 14.7 Å². The fourth-order valence-electron chi connectivity index (χ4n) is 3.77. The highest BCUT2D eigenvalue weighted by Crippen LogP contribution is 2.27. The molecule has 2 aliphatic rings. The summed E-state index contributed by atoms with van der Waals surface area (Å²) < 4.78 is 0. The molecule has 3 atom stereocenters. The van der Waals surface area contributed by atoms with E-state index in [0.29, 0.717) is 30.6 Å². The first-order valence-electron chi connectivity index (χ1n) is 8.76. The molecule has 25 heavy (non-hydrogen) atoms. The van der Waals surface area contributed by atoms with Crippen LogP contribution in [0, 0.1) is 5.92 Å². The predicted molar refractivity (Wildman–Crippen MR) is 97.0 cm³/mol. The Morgan fingerprint density at radius 1 is 1.32 bits per heavy atom. The Kier molecular flexibility index (Phi) is 5.37. The van der Waals surface area contributed by atoms with Crippen LogP contribution in [0.1, 0.15) is 26.2 Å². The SMILES string of the molecule is CC1CCN(C(=O)O)CC1N1CCCC(Nc2cccc(Cl)c2)C1=O. The molecule has 3 unspecified atom stereocenters. The van der Waals surface area contributed by atoms with Gasteiger partial charge in [0.2, 0.25) is 5.91 Å². The second-order valence-corrected chi connectivity index (χ2v) is 7.38. The third-order valence-corrected chi connectivity index (χ3v) is 5.46. The number of nitrogens with one attached hydrogen (secondary N) is 1. The number of piperidine rings is 2. The molecule has 1 aromatic carbocycles. The summed E-state index contributed by atoms with van der Waals surface area (Å²) in [6, 6.07) is 7.01. The summed E-state index contributed by atoms with van der Waals surface area (Å²) >= 11 is 6.02. The van der Waals surface area contributed by atoms with E-state index in [1.165, 1.54) is 4.90 Å². The number of carbonyl (C=O) groups excluding carboxylic acids is 1. The molecule has 7 heteroatoms. The summed E-state index contributed by atoms with van der Waals surface area (Å²) in [5.74, 6) is 0.347. The largest absolute Gasteiger partial charge is 0.465 e. The van der Waals surface area contributed by atoms with Crippen LogP contribution in [0.25, 0.3) is 0 Å². The van der Waals surface area contributed by atoms with Crippen molar-refractivity contribution in [1.29, 1.82) is 0 Å². The Morgan fingerprint density at radius 2 is 2.12 bits per heavy atom. The van der Waals surface area contributed by atoms with Gasteiger partial charge in [0.05, 0.1) is 6.04 Å². The average molecular weight is 366 g/mol. The molecule has 2 heterocycles. The van der Waals surface area contributed by atoms with Crippen molar-refractivity contribution in [1.82, 2.24) is 9.80 Å². The number of nitrogens with zero attached hydrogens (tertiary/aromatic N) is 2. The third-order valence-electron chi connectivity index (χ3n) is 5.23. The van der Waals surface area contributed by atoms with E-state index < -0.39 is 6.09 Å². The fourth-order valence-corrected chi connectivity index (χ4v) is 3.96. The Bertz CT molecular complexity index is 654. The molecule has 136 valence electrons. The Labute approximate surface area is 152 Å². The van der Waals surface area contributed by atoms with Crippen molar-refractivity contribution in [2.24, 2.45) is 5.92 Å². The quantitative estimate of drug-likeness (QED) is 0.863. The van der Waals surface area contributed by atoms with Crippen LogP contribution in [-0.2, 0) is 4.79 Å². The van der Waals surface area contributed by atoms with E-state index in [1.54, 1.807) is 6.07 Å². The minimum Gasteiger partial charge on any atom is -0.465 e. The number of hydrogen-bond acceptors (Lipinski definition) is 3. The molecule has 0 aromatic heterocycles. The molecule has 3 rings (SSSR count). The number of benzene rings is 1. The van der Waals surface area contributed by atoms with Gasteiger partial charge in [0.1, 0.15) is 6.04 Å². The van der Waals surface area contributed by atoms with Crippen LogP contribution in [0.3, 0.4) is 0 Å². The van der Waals surface area contributed by atoms with Crippen LogP contribution in [0.2, 0.25) is 5.02 Å². The minimum absolute atomic E-state index is 0.0512. The van der Waals surface area contributed by atoms with Crippen LogP contribution < -0.4 is 5.32 Å². The van der Waals surface area contributed by atoms with Gasteiger partial charge in [-0.15, -0.1) is 0 Å². The first kappa shape index (κ1) is 17.9. The number of carboxylic acid groups (broad SMARTS) is 1. The number of rotatable bonds is 3. The number of anilines is 1. The van der Waals surface area contributed by atoms with E-state index in [9.17, 15) is 14.7 Å². The van der Waals surface area contributed by atoms with Crippen LogP contribution >= 0.6 is 11.6 Å². The molecular formula is C18H24ClN3O3. The molecule has 0 saturated carbocycles. The van der Waals surface area contributed by atoms with Gasteiger partial charge >= 0.3 is 6.09 Å². The van der Waals surface area contributed by atoms with Gasteiger partial charge < -0.3 is 20.2 Å². The summed E-state index contributed by atoms with van der Waals surface area (Å²) in [7, 11) is 0. The summed E-state index contributed by atoms with van der Waals surface area (Å²) in [6.45, 7) is 3.73. The number of carbonyl (C=O) groups is 2. The van der Waals surface area contributed by atoms with Crippen LogP contribution in [0.4, 0.5) is 10.5 Å². The van der Waals surface area contributed by atoms with Gasteiger partial charge in [-0.25, -0.2) is 4.79 Å². The van der Waals surface area contributed by atoms with Crippen LogP contribution in [0.15, 0.2) is 24.3 Å². The molecule has 0 radical (unpaired) electrons. The van der Waals surface area contributed by atoms with Crippen molar-refractivity contribution in [3.8, 4) is 0 Å². The summed E-state index contributed by atoms with van der Waals surface area (Å²) in [5.41, 5.74) is 0.830. The van der Waals surface area contributed by atoms with E-state index in [2.05, 4.69) is 12.2 Å². The first-order valence-corrected chi connectivity index (χ1v) is 9.14. The lowest BCUT2D eigenvalue weighted by Crippen LogP contribution is -2.59. The molecule has 2 N–H and O–H groups in total. The summed E-state index contributed by atoms with van der Waals surface area (Å²) in [5, 5.41) is 13.2. The van der Waals surface area contributed by atoms with Crippen LogP contribution in [0.5, 0.6) is 0 Å². The fraction of sp³-hybridized carbons (Fsp3) is 0.556. The summed E-state index contributed by atoms with van der Waals surface area (Å²) in [4.78, 5) is 27.6. The van der Waals surface area contributed by atoms with Crippen molar-refractivity contribution in [2.75, 3.05) is 25.0 Å². The summed E-state index contributed by atoms with van der Waals surface area (Å²) in [6.07, 6.45) is 1.55. The Hall–Kier alpha value is -1.95. The smallest absolute Gasteiger partial charge is 0.407 e. The van der Waals surface area contributed by atoms with E-state index >= 15 is 0 Å². The molecular weight excluding hydrogens is 342 g/mol. The number of amides is 2. The monoisotopic (exact) mass is 365 g/mol. The third kappa shape index (κ3) is 4.00. The first-order chi connectivity index (χ1) is 12.0. The van der Waals surface area contributed by atoms with E-state index in [-0.39, 0.29) is 18.0 Å². The lowest BCUT2D eigenvalue weighted by molar-refractivity contribution is -0.139. The maximum atomic E-state index is 13.0. The van der Waals surface area contributed by atoms with Crippen molar-refractivity contribution in [3.05, 3.63) is 29.3 Å². The Balaban J connectivity index is 1.71. The lowest BCUT2D eigenvalue weighted by Gasteiger charge is -2.45. The van der Waals surface area contributed by atoms with Gasteiger partial charge in [0.15, 0.2) is 0 Å². The molecule has 6 nitrogen and oxygen atoms in total. The number of halogens is 1. The maximum absolute atomic E-state index is 13.0. The van der Waals surface area contributed by atoms with E-state index in [1.807, 2.05) is 23.1 Å². The maximum Gasteiger partial charge on any atom is 0.407 e. The predicted octanol–water partition coefficient (Wildman–Crippen LogP) is 3.13. The zero-order valence-corrected chi connectivity index (χ0v) is 15.1. The molecule has 2 saturated heterocycles. The van der Waals surface area contributed by atoms with Gasteiger partial charge in [-0.3, -0.25) is 4.79 Å². The van der Waals surface area contributed by atoms with Crippen molar-refractivity contribution in [2.45, 2.75) is 38.3 Å². The number of hydrogen-bond donors (Lipinski definition) is 2. The molecule has 0 bridgehead atoms. The standard InChI is InChI=1S/C18H24ClN3O3/c1-12-7-9-21(18(24)25)11-16(12)22-8-3-6-15(17(22)23)20-14-5-2-4-13(19)10-14/h2,4-5,10,12,15-16,20H,3,6-9,11H2,1H3,(H,24,25). The number of likely N-dealkylation sites (tertiary alicyclic amines) is 2. The molecule has 0 spiro atoms.